The number of fused-ring (bicyclic) bond motifs is 6. The van der Waals surface area contributed by atoms with Gasteiger partial charge in [0, 0.05) is 34.1 Å². The van der Waals surface area contributed by atoms with Gasteiger partial charge < -0.3 is 28.9 Å². The molecule has 13 rings (SSSR count). The van der Waals surface area contributed by atoms with Crippen LogP contribution in [0.15, 0.2) is 255 Å². The summed E-state index contributed by atoms with van der Waals surface area (Å²) >= 11 is 0. The molecule has 0 aliphatic heterocycles. The van der Waals surface area contributed by atoms with Crippen LogP contribution < -0.4 is 28.9 Å². The molecule has 13 aromatic carbocycles. The topological polar surface area (TPSA) is 37.4 Å². The Labute approximate surface area is 436 Å². The van der Waals surface area contributed by atoms with E-state index in [0.29, 0.717) is 0 Å². The molecule has 0 unspecified atom stereocenters. The third-order valence-corrected chi connectivity index (χ3v) is 14.5. The fourth-order valence-corrected chi connectivity index (χ4v) is 10.7. The highest BCUT2D eigenvalue weighted by Crippen LogP contribution is 2.48. The quantitative estimate of drug-likeness (QED) is 0.114. The molecule has 360 valence electrons. The maximum atomic E-state index is 5.75. The molecule has 13 aromatic rings. The summed E-state index contributed by atoms with van der Waals surface area (Å²) in [5.41, 5.74) is 8.79. The van der Waals surface area contributed by atoms with Crippen LogP contribution in [0.2, 0.25) is 0 Å². The van der Waals surface area contributed by atoms with E-state index in [1.54, 1.807) is 21.3 Å². The van der Waals surface area contributed by atoms with E-state index in [2.05, 4.69) is 233 Å². The fraction of sp³-hybridized carbons (Fsp3) is 0.0435. The van der Waals surface area contributed by atoms with Crippen LogP contribution in [0.5, 0.6) is 17.2 Å². The SMILES string of the molecule is COc1ccc(N(c2cc(N(c3ccc(OC)cc3)c3ccc4cc5ccccc5cc4c3)cc(N(c3ccc(OC)cc3)c3ccc4cc5ccccc5cc4c3)c2)c2ccc3cc4ccccc4cc3c2)cc1. The lowest BCUT2D eigenvalue weighted by molar-refractivity contribution is 0.414. The Balaban J connectivity index is 1.10. The second-order valence-corrected chi connectivity index (χ2v) is 19.0. The Morgan fingerprint density at radius 1 is 0.187 bits per heavy atom. The van der Waals surface area contributed by atoms with Gasteiger partial charge in [0.15, 0.2) is 0 Å². The summed E-state index contributed by atoms with van der Waals surface area (Å²) in [6.07, 6.45) is 0. The van der Waals surface area contributed by atoms with Crippen LogP contribution >= 0.6 is 0 Å². The number of hydrogen-bond donors (Lipinski definition) is 0. The third kappa shape index (κ3) is 8.58. The molecule has 0 fully saturated rings. The number of methoxy groups -OCH3 is 3. The van der Waals surface area contributed by atoms with Crippen LogP contribution in [0, 0.1) is 0 Å². The summed E-state index contributed by atoms with van der Waals surface area (Å²) in [7, 11) is 5.13. The molecule has 0 bridgehead atoms. The van der Waals surface area contributed by atoms with Crippen molar-refractivity contribution in [2.24, 2.45) is 0 Å². The summed E-state index contributed by atoms with van der Waals surface area (Å²) in [4.78, 5) is 7.08. The summed E-state index contributed by atoms with van der Waals surface area (Å²) in [6, 6.07) is 91.7. The molecule has 0 saturated carbocycles. The van der Waals surface area contributed by atoms with E-state index < -0.39 is 0 Å². The van der Waals surface area contributed by atoms with Crippen molar-refractivity contribution in [1.82, 2.24) is 0 Å². The molecule has 0 heterocycles. The van der Waals surface area contributed by atoms with Gasteiger partial charge in [-0.2, -0.15) is 0 Å². The van der Waals surface area contributed by atoms with Crippen LogP contribution in [-0.4, -0.2) is 21.3 Å². The monoisotopic (exact) mass is 969 g/mol. The molecular formula is C69H51N3O3. The minimum Gasteiger partial charge on any atom is -0.497 e. The van der Waals surface area contributed by atoms with Crippen molar-refractivity contribution in [3.8, 4) is 17.2 Å². The number of nitrogens with zero attached hydrogens (tertiary/aromatic N) is 3. The van der Waals surface area contributed by atoms with E-state index in [9.17, 15) is 0 Å². The van der Waals surface area contributed by atoms with E-state index in [1.165, 1.54) is 48.5 Å². The minimum atomic E-state index is 0.780. The zero-order chi connectivity index (χ0) is 50.4. The number of hydrogen-bond acceptors (Lipinski definition) is 6. The zero-order valence-corrected chi connectivity index (χ0v) is 41.8. The lowest BCUT2D eigenvalue weighted by atomic mass is 10.0. The number of anilines is 9. The fourth-order valence-electron chi connectivity index (χ4n) is 10.7. The van der Waals surface area contributed by atoms with Gasteiger partial charge in [-0.3, -0.25) is 0 Å². The largest absolute Gasteiger partial charge is 0.497 e. The molecule has 6 heteroatoms. The first-order valence-electron chi connectivity index (χ1n) is 25.2. The second kappa shape index (κ2) is 19.0. The van der Waals surface area contributed by atoms with Gasteiger partial charge in [0.25, 0.3) is 0 Å². The molecule has 0 amide bonds. The molecule has 0 aromatic heterocycles. The van der Waals surface area contributed by atoms with Gasteiger partial charge >= 0.3 is 0 Å². The molecule has 0 aliphatic rings. The first-order valence-corrected chi connectivity index (χ1v) is 25.2. The van der Waals surface area contributed by atoms with Gasteiger partial charge in [-0.15, -0.1) is 0 Å². The Bertz CT molecular complexity index is 3820. The van der Waals surface area contributed by atoms with Crippen LogP contribution in [0.3, 0.4) is 0 Å². The first-order chi connectivity index (χ1) is 36.9. The highest BCUT2D eigenvalue weighted by atomic mass is 16.5. The van der Waals surface area contributed by atoms with Gasteiger partial charge in [0.1, 0.15) is 17.2 Å². The summed E-state index contributed by atoms with van der Waals surface area (Å²) in [5, 5.41) is 14.2. The molecule has 0 saturated heterocycles. The van der Waals surface area contributed by atoms with Crippen molar-refractivity contribution in [3.05, 3.63) is 255 Å². The normalized spacial score (nSPS) is 11.4. The second-order valence-electron chi connectivity index (χ2n) is 19.0. The maximum Gasteiger partial charge on any atom is 0.119 e. The zero-order valence-electron chi connectivity index (χ0n) is 41.8. The van der Waals surface area contributed by atoms with E-state index in [-0.39, 0.29) is 0 Å². The number of rotatable bonds is 12. The van der Waals surface area contributed by atoms with Gasteiger partial charge in [0.2, 0.25) is 0 Å². The van der Waals surface area contributed by atoms with Gasteiger partial charge in [-0.05, 0) is 228 Å². The molecule has 0 aliphatic carbocycles. The molecule has 0 N–H and O–H groups in total. The van der Waals surface area contributed by atoms with Crippen LogP contribution in [0.1, 0.15) is 0 Å². The standard InChI is InChI=1S/C69H51N3O3/c1-73-67-28-22-58(23-29-67)70(61-19-16-52-34-46-10-4-7-13-49(46)37-55(52)40-61)64-43-65(71(59-24-30-68(74-2)31-25-59)62-20-17-53-35-47-11-5-8-14-50(47)38-56(53)41-62)45-66(44-64)72(60-26-32-69(75-3)33-27-60)63-21-18-54-36-48-12-6-9-15-51(48)39-57(54)42-63/h4-45H,1-3H3. The van der Waals surface area contributed by atoms with Crippen molar-refractivity contribution in [1.29, 1.82) is 0 Å². The summed E-state index contributed by atoms with van der Waals surface area (Å²) in [5.74, 6) is 2.34. The van der Waals surface area contributed by atoms with E-state index in [4.69, 9.17) is 14.2 Å². The predicted octanol–water partition coefficient (Wildman–Crippen LogP) is 19.0. The Hall–Kier alpha value is -9.78. The highest BCUT2D eigenvalue weighted by molar-refractivity contribution is 6.04. The Morgan fingerprint density at radius 3 is 0.640 bits per heavy atom. The third-order valence-electron chi connectivity index (χ3n) is 14.5. The number of ether oxygens (including phenoxy) is 3. The molecular weight excluding hydrogens is 919 g/mol. The van der Waals surface area contributed by atoms with E-state index >= 15 is 0 Å². The molecule has 0 atom stereocenters. The lowest BCUT2D eigenvalue weighted by Gasteiger charge is -2.33. The minimum absolute atomic E-state index is 0.780. The van der Waals surface area contributed by atoms with Crippen molar-refractivity contribution in [2.45, 2.75) is 0 Å². The van der Waals surface area contributed by atoms with Crippen LogP contribution in [-0.2, 0) is 0 Å². The Kier molecular flexibility index (Phi) is 11.4. The van der Waals surface area contributed by atoms with Gasteiger partial charge in [-0.25, -0.2) is 0 Å². The average molecular weight is 970 g/mol. The van der Waals surface area contributed by atoms with E-state index in [0.717, 1.165) is 84.6 Å². The number of benzene rings is 13. The Morgan fingerprint density at radius 2 is 0.400 bits per heavy atom. The molecule has 0 radical (unpaired) electrons. The summed E-state index contributed by atoms with van der Waals surface area (Å²) < 4.78 is 17.2. The average Bonchev–Trinajstić information content (AvgIpc) is 3.46. The summed E-state index contributed by atoms with van der Waals surface area (Å²) in [6.45, 7) is 0. The van der Waals surface area contributed by atoms with Gasteiger partial charge in [0.05, 0.1) is 38.4 Å². The lowest BCUT2D eigenvalue weighted by Crippen LogP contribution is -2.16. The van der Waals surface area contributed by atoms with Crippen LogP contribution in [0.25, 0.3) is 64.6 Å². The highest BCUT2D eigenvalue weighted by Gasteiger charge is 2.24. The predicted molar refractivity (Wildman–Crippen MR) is 315 cm³/mol. The maximum absolute atomic E-state index is 5.75. The van der Waals surface area contributed by atoms with E-state index in [1.807, 2.05) is 36.4 Å². The van der Waals surface area contributed by atoms with Gasteiger partial charge in [-0.1, -0.05) is 91.0 Å². The van der Waals surface area contributed by atoms with Crippen molar-refractivity contribution in [3.63, 3.8) is 0 Å². The van der Waals surface area contributed by atoms with Crippen molar-refractivity contribution in [2.75, 3.05) is 36.0 Å². The van der Waals surface area contributed by atoms with Crippen molar-refractivity contribution >= 4 is 116 Å². The molecule has 0 spiro atoms. The smallest absolute Gasteiger partial charge is 0.119 e. The van der Waals surface area contributed by atoms with Crippen molar-refractivity contribution < 1.29 is 14.2 Å². The van der Waals surface area contributed by atoms with Crippen LogP contribution in [0.4, 0.5) is 51.2 Å². The molecule has 6 nitrogen and oxygen atoms in total. The first kappa shape index (κ1) is 45.1. The molecule has 75 heavy (non-hydrogen) atoms.